The Kier molecular flexibility index (Phi) is 6.45. The van der Waals surface area contributed by atoms with Gasteiger partial charge in [-0.25, -0.2) is 8.42 Å². The van der Waals surface area contributed by atoms with Gasteiger partial charge in [0.1, 0.15) is 0 Å². The average Bonchev–Trinajstić information content (AvgIpc) is 2.69. The first-order valence-corrected chi connectivity index (χ1v) is 10.5. The van der Waals surface area contributed by atoms with Gasteiger partial charge in [0.2, 0.25) is 5.91 Å². The lowest BCUT2D eigenvalue weighted by atomic mass is 10.1. The van der Waals surface area contributed by atoms with Crippen LogP contribution in [0.1, 0.15) is 18.4 Å². The van der Waals surface area contributed by atoms with Crippen LogP contribution in [0.3, 0.4) is 0 Å². The molecule has 28 heavy (non-hydrogen) atoms. The maximum Gasteiger partial charge on any atom is 0.261 e. The first-order valence-electron chi connectivity index (χ1n) is 9.05. The van der Waals surface area contributed by atoms with Crippen molar-refractivity contribution in [3.8, 4) is 0 Å². The minimum absolute atomic E-state index is 0.0982. The highest BCUT2D eigenvalue weighted by atomic mass is 32.2. The quantitative estimate of drug-likeness (QED) is 0.593. The van der Waals surface area contributed by atoms with E-state index in [1.54, 1.807) is 42.5 Å². The molecule has 0 aliphatic heterocycles. The fourth-order valence-corrected chi connectivity index (χ4v) is 3.87. The van der Waals surface area contributed by atoms with Gasteiger partial charge in [0.05, 0.1) is 10.6 Å². The topological polar surface area (TPSA) is 75.3 Å². The Labute approximate surface area is 165 Å². The van der Waals surface area contributed by atoms with Crippen LogP contribution < -0.4 is 10.0 Å². The lowest BCUT2D eigenvalue weighted by Gasteiger charge is -2.10. The second-order valence-corrected chi connectivity index (χ2v) is 8.07. The van der Waals surface area contributed by atoms with Crippen molar-refractivity contribution in [1.82, 2.24) is 0 Å². The SMILES string of the molecule is O=C(CCCc1ccccc1)Nc1cccc(NS(=O)(=O)c2ccccc2)c1. The number of carbonyl (C=O) groups is 1. The Morgan fingerprint density at radius 2 is 1.43 bits per heavy atom. The monoisotopic (exact) mass is 394 g/mol. The third kappa shape index (κ3) is 5.69. The number of hydrogen-bond donors (Lipinski definition) is 2. The second kappa shape index (κ2) is 9.19. The van der Waals surface area contributed by atoms with Crippen molar-refractivity contribution in [3.63, 3.8) is 0 Å². The van der Waals surface area contributed by atoms with Crippen molar-refractivity contribution in [3.05, 3.63) is 90.5 Å². The summed E-state index contributed by atoms with van der Waals surface area (Å²) in [4.78, 5) is 12.4. The van der Waals surface area contributed by atoms with E-state index in [0.717, 1.165) is 12.8 Å². The molecule has 0 aliphatic rings. The molecule has 0 aromatic heterocycles. The zero-order valence-corrected chi connectivity index (χ0v) is 16.2. The van der Waals surface area contributed by atoms with Crippen molar-refractivity contribution < 1.29 is 13.2 Å². The Morgan fingerprint density at radius 3 is 2.14 bits per heavy atom. The van der Waals surface area contributed by atoms with Gasteiger partial charge in [0, 0.05) is 12.1 Å². The minimum Gasteiger partial charge on any atom is -0.326 e. The molecule has 0 spiro atoms. The molecule has 3 aromatic rings. The van der Waals surface area contributed by atoms with Crippen molar-refractivity contribution in [1.29, 1.82) is 0 Å². The highest BCUT2D eigenvalue weighted by molar-refractivity contribution is 7.92. The summed E-state index contributed by atoms with van der Waals surface area (Å²) in [6, 6.07) is 24.8. The molecule has 3 rings (SSSR count). The molecule has 144 valence electrons. The van der Waals surface area contributed by atoms with Gasteiger partial charge < -0.3 is 5.32 Å². The van der Waals surface area contributed by atoms with E-state index in [1.165, 1.54) is 17.7 Å². The zero-order valence-electron chi connectivity index (χ0n) is 15.3. The lowest BCUT2D eigenvalue weighted by molar-refractivity contribution is -0.116. The Bertz CT molecular complexity index is 1020. The molecule has 0 aliphatic carbocycles. The molecular weight excluding hydrogens is 372 g/mol. The van der Waals surface area contributed by atoms with Crippen molar-refractivity contribution in [2.24, 2.45) is 0 Å². The van der Waals surface area contributed by atoms with E-state index >= 15 is 0 Å². The Balaban J connectivity index is 1.56. The van der Waals surface area contributed by atoms with Crippen LogP contribution in [0.25, 0.3) is 0 Å². The van der Waals surface area contributed by atoms with Crippen LogP contribution >= 0.6 is 0 Å². The maximum atomic E-state index is 12.4. The Hall–Kier alpha value is -3.12. The number of anilines is 2. The van der Waals surface area contributed by atoms with Gasteiger partial charge in [0.25, 0.3) is 10.0 Å². The van der Waals surface area contributed by atoms with Crippen LogP contribution in [0.5, 0.6) is 0 Å². The van der Waals surface area contributed by atoms with Gasteiger partial charge in [0.15, 0.2) is 0 Å². The third-order valence-corrected chi connectivity index (χ3v) is 5.56. The molecule has 0 heterocycles. The first-order chi connectivity index (χ1) is 13.5. The fourth-order valence-electron chi connectivity index (χ4n) is 2.80. The number of aryl methyl sites for hydroxylation is 1. The standard InChI is InChI=1S/C22H22N2O3S/c25-22(16-7-11-18-9-3-1-4-10-18)23-19-12-8-13-20(17-19)24-28(26,27)21-14-5-2-6-15-21/h1-6,8-10,12-15,17,24H,7,11,16H2,(H,23,25). The third-order valence-electron chi connectivity index (χ3n) is 4.16. The van der Waals surface area contributed by atoms with E-state index in [4.69, 9.17) is 0 Å². The van der Waals surface area contributed by atoms with Crippen LogP contribution in [0.15, 0.2) is 89.8 Å². The van der Waals surface area contributed by atoms with Gasteiger partial charge >= 0.3 is 0 Å². The number of nitrogens with one attached hydrogen (secondary N) is 2. The van der Waals surface area contributed by atoms with E-state index in [2.05, 4.69) is 10.0 Å². The number of hydrogen-bond acceptors (Lipinski definition) is 3. The molecule has 1 amide bonds. The van der Waals surface area contributed by atoms with E-state index in [9.17, 15) is 13.2 Å². The molecule has 0 bridgehead atoms. The van der Waals surface area contributed by atoms with Gasteiger partial charge in [-0.2, -0.15) is 0 Å². The summed E-state index contributed by atoms with van der Waals surface area (Å²) in [5, 5.41) is 2.82. The fraction of sp³-hybridized carbons (Fsp3) is 0.136. The van der Waals surface area contributed by atoms with Crippen molar-refractivity contribution >= 4 is 27.3 Å². The number of amides is 1. The first kappa shape index (κ1) is 19.6. The lowest BCUT2D eigenvalue weighted by Crippen LogP contribution is -2.14. The molecule has 3 aromatic carbocycles. The predicted molar refractivity (Wildman–Crippen MR) is 112 cm³/mol. The van der Waals surface area contributed by atoms with Crippen LogP contribution in [0, 0.1) is 0 Å². The Morgan fingerprint density at radius 1 is 0.786 bits per heavy atom. The summed E-state index contributed by atoms with van der Waals surface area (Å²) in [7, 11) is -3.67. The molecule has 0 radical (unpaired) electrons. The van der Waals surface area contributed by atoms with Crippen molar-refractivity contribution in [2.45, 2.75) is 24.2 Å². The summed E-state index contributed by atoms with van der Waals surface area (Å²) in [5.74, 6) is -0.0982. The van der Waals surface area contributed by atoms with E-state index in [-0.39, 0.29) is 10.8 Å². The summed E-state index contributed by atoms with van der Waals surface area (Å²) in [6.45, 7) is 0. The smallest absolute Gasteiger partial charge is 0.261 e. The average molecular weight is 394 g/mol. The van der Waals surface area contributed by atoms with Crippen LogP contribution in [0.2, 0.25) is 0 Å². The number of benzene rings is 3. The zero-order chi connectivity index (χ0) is 19.8. The number of rotatable bonds is 8. The van der Waals surface area contributed by atoms with Crippen LogP contribution in [-0.2, 0) is 21.2 Å². The molecule has 2 N–H and O–H groups in total. The highest BCUT2D eigenvalue weighted by Gasteiger charge is 2.13. The molecule has 5 nitrogen and oxygen atoms in total. The minimum atomic E-state index is -3.67. The van der Waals surface area contributed by atoms with E-state index in [1.807, 2.05) is 30.3 Å². The van der Waals surface area contributed by atoms with Crippen LogP contribution in [0.4, 0.5) is 11.4 Å². The summed E-state index contributed by atoms with van der Waals surface area (Å²) in [6.07, 6.45) is 1.98. The highest BCUT2D eigenvalue weighted by Crippen LogP contribution is 2.19. The van der Waals surface area contributed by atoms with Gasteiger partial charge in [-0.15, -0.1) is 0 Å². The number of carbonyl (C=O) groups excluding carboxylic acids is 1. The van der Waals surface area contributed by atoms with E-state index in [0.29, 0.717) is 17.8 Å². The molecule has 0 fully saturated rings. The molecule has 0 unspecified atom stereocenters. The molecule has 0 atom stereocenters. The molecule has 6 heteroatoms. The van der Waals surface area contributed by atoms with E-state index < -0.39 is 10.0 Å². The van der Waals surface area contributed by atoms with Crippen LogP contribution in [-0.4, -0.2) is 14.3 Å². The predicted octanol–water partition coefficient (Wildman–Crippen LogP) is 4.45. The number of sulfonamides is 1. The normalized spacial score (nSPS) is 11.0. The summed E-state index contributed by atoms with van der Waals surface area (Å²) in [5.41, 5.74) is 2.15. The van der Waals surface area contributed by atoms with Gasteiger partial charge in [-0.3, -0.25) is 9.52 Å². The molecule has 0 saturated carbocycles. The summed E-state index contributed by atoms with van der Waals surface area (Å²) < 4.78 is 27.4. The molecule has 0 saturated heterocycles. The molecular formula is C22H22N2O3S. The van der Waals surface area contributed by atoms with Gasteiger partial charge in [-0.05, 0) is 48.7 Å². The largest absolute Gasteiger partial charge is 0.326 e. The maximum absolute atomic E-state index is 12.4. The second-order valence-electron chi connectivity index (χ2n) is 6.39. The van der Waals surface area contributed by atoms with Gasteiger partial charge in [-0.1, -0.05) is 54.6 Å². The van der Waals surface area contributed by atoms with Crippen molar-refractivity contribution in [2.75, 3.05) is 10.0 Å². The summed E-state index contributed by atoms with van der Waals surface area (Å²) >= 11 is 0.